The van der Waals surface area contributed by atoms with Crippen LogP contribution in [0.2, 0.25) is 5.02 Å². The highest BCUT2D eigenvalue weighted by Crippen LogP contribution is 2.32. The summed E-state index contributed by atoms with van der Waals surface area (Å²) in [6, 6.07) is 12.7. The van der Waals surface area contributed by atoms with Gasteiger partial charge in [0.15, 0.2) is 10.7 Å². The topological polar surface area (TPSA) is 102 Å². The minimum absolute atomic E-state index is 0.0171. The summed E-state index contributed by atoms with van der Waals surface area (Å²) < 4.78 is 39.3. The molecule has 0 spiro atoms. The molecule has 1 unspecified atom stereocenters. The lowest BCUT2D eigenvalue weighted by atomic mass is 9.98. The predicted octanol–water partition coefficient (Wildman–Crippen LogP) is 5.16. The van der Waals surface area contributed by atoms with Gasteiger partial charge >= 0.3 is 0 Å². The summed E-state index contributed by atoms with van der Waals surface area (Å²) in [7, 11) is -2.45. The fourth-order valence-corrected chi connectivity index (χ4v) is 6.11. The first-order valence-corrected chi connectivity index (χ1v) is 13.4. The molecular weight excluding hydrogens is 502 g/mol. The van der Waals surface area contributed by atoms with Crippen LogP contribution in [-0.2, 0) is 14.8 Å². The minimum Gasteiger partial charge on any atom is -0.495 e. The highest BCUT2D eigenvalue weighted by atomic mass is 35.5. The van der Waals surface area contributed by atoms with E-state index in [1.165, 1.54) is 11.4 Å². The van der Waals surface area contributed by atoms with Gasteiger partial charge in [-0.15, -0.1) is 0 Å². The van der Waals surface area contributed by atoms with Crippen molar-refractivity contribution in [2.24, 2.45) is 5.92 Å². The number of methoxy groups -OCH3 is 1. The Morgan fingerprint density at radius 2 is 1.94 bits per heavy atom. The number of ether oxygens (including phenoxy) is 1. The SMILES string of the molecule is COc1ccc(Cl)cc1NC(=O)C1CCCN(S(=O)(=O)c2c(C)noc2/C=C/c2ccc(C)cc2)C1. The van der Waals surface area contributed by atoms with E-state index in [0.29, 0.717) is 35.8 Å². The summed E-state index contributed by atoms with van der Waals surface area (Å²) in [5.74, 6) is -0.206. The molecule has 1 amide bonds. The number of aromatic nitrogens is 1. The number of nitrogens with one attached hydrogen (secondary N) is 1. The van der Waals surface area contributed by atoms with Gasteiger partial charge in [0.05, 0.1) is 18.7 Å². The first kappa shape index (κ1) is 25.9. The molecule has 0 bridgehead atoms. The summed E-state index contributed by atoms with van der Waals surface area (Å²) in [4.78, 5) is 13.1. The fraction of sp³-hybridized carbons (Fsp3) is 0.308. The van der Waals surface area contributed by atoms with E-state index in [-0.39, 0.29) is 28.8 Å². The number of benzene rings is 2. The molecule has 10 heteroatoms. The highest BCUT2D eigenvalue weighted by molar-refractivity contribution is 7.89. The largest absolute Gasteiger partial charge is 0.495 e. The molecule has 3 aromatic rings. The molecule has 4 rings (SSSR count). The van der Waals surface area contributed by atoms with Gasteiger partial charge in [0.25, 0.3) is 0 Å². The third kappa shape index (κ3) is 5.64. The van der Waals surface area contributed by atoms with Gasteiger partial charge in [-0.3, -0.25) is 4.79 Å². The molecule has 1 aromatic heterocycles. The molecule has 190 valence electrons. The fourth-order valence-electron chi connectivity index (χ4n) is 4.16. The number of rotatable bonds is 7. The van der Waals surface area contributed by atoms with Crippen LogP contribution in [0, 0.1) is 19.8 Å². The third-order valence-corrected chi connectivity index (χ3v) is 8.37. The van der Waals surface area contributed by atoms with Crippen LogP contribution in [0.3, 0.4) is 0 Å². The third-order valence-electron chi connectivity index (χ3n) is 6.11. The van der Waals surface area contributed by atoms with Crippen molar-refractivity contribution in [1.29, 1.82) is 0 Å². The quantitative estimate of drug-likeness (QED) is 0.453. The van der Waals surface area contributed by atoms with Crippen LogP contribution in [-0.4, -0.2) is 44.0 Å². The molecule has 8 nitrogen and oxygen atoms in total. The van der Waals surface area contributed by atoms with Crippen LogP contribution in [0.1, 0.15) is 35.4 Å². The van der Waals surface area contributed by atoms with E-state index in [1.807, 2.05) is 31.2 Å². The smallest absolute Gasteiger partial charge is 0.248 e. The second-order valence-electron chi connectivity index (χ2n) is 8.74. The van der Waals surface area contributed by atoms with Crippen LogP contribution in [0.25, 0.3) is 12.2 Å². The Hall–Kier alpha value is -3.14. The molecule has 1 atom stereocenters. The Labute approximate surface area is 215 Å². The normalized spacial score (nSPS) is 16.8. The van der Waals surface area contributed by atoms with Crippen LogP contribution < -0.4 is 10.1 Å². The summed E-state index contributed by atoms with van der Waals surface area (Å²) in [5.41, 5.74) is 2.75. The number of aryl methyl sites for hydroxylation is 2. The van der Waals surface area contributed by atoms with E-state index in [4.69, 9.17) is 20.9 Å². The minimum atomic E-state index is -3.95. The zero-order valence-electron chi connectivity index (χ0n) is 20.3. The van der Waals surface area contributed by atoms with Crippen molar-refractivity contribution < 1.29 is 22.5 Å². The number of hydrogen-bond donors (Lipinski definition) is 1. The van der Waals surface area contributed by atoms with E-state index in [0.717, 1.165) is 11.1 Å². The zero-order valence-corrected chi connectivity index (χ0v) is 21.9. The second kappa shape index (κ2) is 10.9. The van der Waals surface area contributed by atoms with E-state index >= 15 is 0 Å². The van der Waals surface area contributed by atoms with E-state index < -0.39 is 15.9 Å². The Morgan fingerprint density at radius 3 is 2.67 bits per heavy atom. The molecule has 36 heavy (non-hydrogen) atoms. The summed E-state index contributed by atoms with van der Waals surface area (Å²) in [6.07, 6.45) is 4.49. The molecule has 0 aliphatic carbocycles. The molecule has 1 fully saturated rings. The first-order chi connectivity index (χ1) is 17.2. The van der Waals surface area contributed by atoms with Crippen molar-refractivity contribution in [2.75, 3.05) is 25.5 Å². The number of amides is 1. The van der Waals surface area contributed by atoms with Crippen molar-refractivity contribution in [3.05, 3.63) is 70.1 Å². The summed E-state index contributed by atoms with van der Waals surface area (Å²) >= 11 is 6.07. The van der Waals surface area contributed by atoms with Crippen molar-refractivity contribution >= 4 is 45.4 Å². The maximum Gasteiger partial charge on any atom is 0.248 e. The highest BCUT2D eigenvalue weighted by Gasteiger charge is 2.37. The van der Waals surface area contributed by atoms with Gasteiger partial charge in [-0.25, -0.2) is 8.42 Å². The number of carbonyl (C=O) groups excluding carboxylic acids is 1. The number of anilines is 1. The van der Waals surface area contributed by atoms with Crippen molar-refractivity contribution in [2.45, 2.75) is 31.6 Å². The Kier molecular flexibility index (Phi) is 7.82. The van der Waals surface area contributed by atoms with Gasteiger partial charge in [-0.05, 0) is 56.5 Å². The van der Waals surface area contributed by atoms with Gasteiger partial charge in [-0.2, -0.15) is 4.31 Å². The number of carbonyl (C=O) groups is 1. The number of hydrogen-bond acceptors (Lipinski definition) is 6. The molecule has 2 heterocycles. The van der Waals surface area contributed by atoms with E-state index in [1.54, 1.807) is 37.3 Å². The van der Waals surface area contributed by atoms with Gasteiger partial charge in [0.2, 0.25) is 15.9 Å². The molecule has 1 saturated heterocycles. The summed E-state index contributed by atoms with van der Waals surface area (Å²) in [5, 5.41) is 7.19. The van der Waals surface area contributed by atoms with Crippen LogP contribution in [0.4, 0.5) is 5.69 Å². The Morgan fingerprint density at radius 1 is 1.19 bits per heavy atom. The zero-order chi connectivity index (χ0) is 25.9. The predicted molar refractivity (Wildman–Crippen MR) is 139 cm³/mol. The second-order valence-corrected chi connectivity index (χ2v) is 11.1. The van der Waals surface area contributed by atoms with E-state index in [2.05, 4.69) is 10.5 Å². The maximum absolute atomic E-state index is 13.6. The van der Waals surface area contributed by atoms with Crippen molar-refractivity contribution in [1.82, 2.24) is 9.46 Å². The standard InChI is InChI=1S/C26H28ClN3O5S/c1-17-6-8-19(9-7-17)10-12-24-25(18(2)29-35-24)36(32,33)30-14-4-5-20(16-30)26(31)28-22-15-21(27)11-13-23(22)34-3/h6-13,15,20H,4-5,14,16H2,1-3H3,(H,28,31)/b12-10+. The Balaban J connectivity index is 1.54. The molecule has 0 radical (unpaired) electrons. The van der Waals surface area contributed by atoms with Gasteiger partial charge in [0.1, 0.15) is 11.4 Å². The lowest BCUT2D eigenvalue weighted by molar-refractivity contribution is -0.120. The first-order valence-electron chi connectivity index (χ1n) is 11.5. The van der Waals surface area contributed by atoms with E-state index in [9.17, 15) is 13.2 Å². The monoisotopic (exact) mass is 529 g/mol. The molecule has 1 N–H and O–H groups in total. The molecule has 0 saturated carbocycles. The lowest BCUT2D eigenvalue weighted by Gasteiger charge is -2.31. The van der Waals surface area contributed by atoms with Crippen LogP contribution in [0.15, 0.2) is 51.9 Å². The molecule has 2 aromatic carbocycles. The average molecular weight is 530 g/mol. The Bertz CT molecular complexity index is 1380. The molecular formula is C26H28ClN3O5S. The summed E-state index contributed by atoms with van der Waals surface area (Å²) in [6.45, 7) is 3.94. The van der Waals surface area contributed by atoms with Gasteiger partial charge in [-0.1, -0.05) is 52.7 Å². The molecule has 1 aliphatic heterocycles. The maximum atomic E-state index is 13.6. The number of halogens is 1. The van der Waals surface area contributed by atoms with Crippen molar-refractivity contribution in [3.63, 3.8) is 0 Å². The van der Waals surface area contributed by atoms with Gasteiger partial charge in [0, 0.05) is 18.1 Å². The molecule has 1 aliphatic rings. The van der Waals surface area contributed by atoms with Gasteiger partial charge < -0.3 is 14.6 Å². The lowest BCUT2D eigenvalue weighted by Crippen LogP contribution is -2.43. The number of piperidine rings is 1. The van der Waals surface area contributed by atoms with Crippen molar-refractivity contribution in [3.8, 4) is 5.75 Å². The van der Waals surface area contributed by atoms with Crippen LogP contribution >= 0.6 is 11.6 Å². The van der Waals surface area contributed by atoms with Crippen LogP contribution in [0.5, 0.6) is 5.75 Å². The average Bonchev–Trinajstić information content (AvgIpc) is 3.25. The number of nitrogens with zero attached hydrogens (tertiary/aromatic N) is 2. The number of sulfonamides is 1.